The van der Waals surface area contributed by atoms with Gasteiger partial charge in [0.25, 0.3) is 5.91 Å². The summed E-state index contributed by atoms with van der Waals surface area (Å²) in [5.41, 5.74) is 1.81. The summed E-state index contributed by atoms with van der Waals surface area (Å²) in [6.07, 6.45) is 0. The third-order valence-electron chi connectivity index (χ3n) is 4.24. The molecule has 142 valence electrons. The topological polar surface area (TPSA) is 56.8 Å². The van der Waals surface area contributed by atoms with Crippen LogP contribution in [0.4, 0.5) is 10.1 Å². The lowest BCUT2D eigenvalue weighted by Gasteiger charge is -2.19. The Hall–Kier alpha value is -3.54. The lowest BCUT2D eigenvalue weighted by molar-refractivity contribution is 0.102. The number of carbonyl (C=O) groups is 1. The Morgan fingerprint density at radius 1 is 0.964 bits per heavy atom. The molecule has 0 atom stereocenters. The predicted molar refractivity (Wildman–Crippen MR) is 103 cm³/mol. The minimum atomic E-state index is -0.303. The summed E-state index contributed by atoms with van der Waals surface area (Å²) in [6, 6.07) is 18.3. The van der Waals surface area contributed by atoms with Gasteiger partial charge in [0.2, 0.25) is 0 Å². The summed E-state index contributed by atoms with van der Waals surface area (Å²) < 4.78 is 29.8. The number of hydrogen-bond donors (Lipinski definition) is 1. The number of nitrogens with one attached hydrogen (secondary N) is 1. The van der Waals surface area contributed by atoms with E-state index in [-0.39, 0.29) is 18.3 Å². The van der Waals surface area contributed by atoms with E-state index < -0.39 is 0 Å². The van der Waals surface area contributed by atoms with E-state index >= 15 is 0 Å². The fourth-order valence-electron chi connectivity index (χ4n) is 2.84. The van der Waals surface area contributed by atoms with E-state index in [1.54, 1.807) is 54.6 Å². The first-order chi connectivity index (χ1) is 13.7. The second kappa shape index (κ2) is 8.00. The van der Waals surface area contributed by atoms with Crippen LogP contribution < -0.4 is 19.5 Å². The van der Waals surface area contributed by atoms with Gasteiger partial charge in [0.05, 0.1) is 5.56 Å². The zero-order valence-electron chi connectivity index (χ0n) is 15.0. The molecule has 0 aromatic heterocycles. The molecule has 3 aromatic rings. The second-order valence-electron chi connectivity index (χ2n) is 6.22. The average Bonchev–Trinajstić information content (AvgIpc) is 2.73. The van der Waals surface area contributed by atoms with Crippen molar-refractivity contribution in [2.75, 3.05) is 18.5 Å². The first-order valence-electron chi connectivity index (χ1n) is 8.86. The highest BCUT2D eigenvalue weighted by molar-refractivity contribution is 6.06. The Bertz CT molecular complexity index is 988. The molecule has 1 N–H and O–H groups in total. The van der Waals surface area contributed by atoms with Crippen LogP contribution >= 0.6 is 0 Å². The van der Waals surface area contributed by atoms with Gasteiger partial charge in [-0.1, -0.05) is 24.3 Å². The zero-order chi connectivity index (χ0) is 19.3. The molecular weight excluding hydrogens is 361 g/mol. The van der Waals surface area contributed by atoms with E-state index in [9.17, 15) is 9.18 Å². The fraction of sp³-hybridized carbons (Fsp3) is 0.136. The number of anilines is 1. The summed E-state index contributed by atoms with van der Waals surface area (Å²) >= 11 is 0. The maximum Gasteiger partial charge on any atom is 0.259 e. The molecule has 28 heavy (non-hydrogen) atoms. The lowest BCUT2D eigenvalue weighted by atomic mass is 10.1. The Kier molecular flexibility index (Phi) is 5.10. The molecule has 1 aliphatic rings. The van der Waals surface area contributed by atoms with E-state index in [0.717, 1.165) is 5.56 Å². The quantitative estimate of drug-likeness (QED) is 0.713. The standard InChI is InChI=1S/C22H18FNO4/c23-16-7-5-15(6-8-16)14-28-19-4-2-1-3-18(19)22(25)24-17-9-10-20-21(13-17)27-12-11-26-20/h1-10,13H,11-12,14H2,(H,24,25). The molecule has 0 saturated carbocycles. The summed E-state index contributed by atoms with van der Waals surface area (Å²) in [5.74, 6) is 1.10. The van der Waals surface area contributed by atoms with Crippen LogP contribution in [-0.2, 0) is 6.61 Å². The molecule has 0 saturated heterocycles. The Labute approximate surface area is 161 Å². The molecule has 1 amide bonds. The van der Waals surface area contributed by atoms with Crippen LogP contribution in [0.5, 0.6) is 17.2 Å². The Morgan fingerprint density at radius 3 is 2.54 bits per heavy atom. The molecule has 0 fully saturated rings. The van der Waals surface area contributed by atoms with Crippen molar-refractivity contribution in [3.05, 3.63) is 83.7 Å². The molecule has 3 aromatic carbocycles. The zero-order valence-corrected chi connectivity index (χ0v) is 15.0. The van der Waals surface area contributed by atoms with E-state index in [2.05, 4.69) is 5.32 Å². The molecule has 0 aliphatic carbocycles. The van der Waals surface area contributed by atoms with Crippen molar-refractivity contribution in [1.29, 1.82) is 0 Å². The summed E-state index contributed by atoms with van der Waals surface area (Å²) in [7, 11) is 0. The highest BCUT2D eigenvalue weighted by Gasteiger charge is 2.16. The van der Waals surface area contributed by atoms with Crippen molar-refractivity contribution >= 4 is 11.6 Å². The second-order valence-corrected chi connectivity index (χ2v) is 6.22. The van der Waals surface area contributed by atoms with Crippen LogP contribution in [0.15, 0.2) is 66.7 Å². The van der Waals surface area contributed by atoms with Crippen molar-refractivity contribution < 1.29 is 23.4 Å². The van der Waals surface area contributed by atoms with Gasteiger partial charge in [-0.25, -0.2) is 4.39 Å². The van der Waals surface area contributed by atoms with E-state index in [1.165, 1.54) is 12.1 Å². The van der Waals surface area contributed by atoms with E-state index in [1.807, 2.05) is 0 Å². The van der Waals surface area contributed by atoms with E-state index in [0.29, 0.717) is 41.7 Å². The minimum Gasteiger partial charge on any atom is -0.488 e. The highest BCUT2D eigenvalue weighted by Crippen LogP contribution is 2.33. The smallest absolute Gasteiger partial charge is 0.259 e. The van der Waals surface area contributed by atoms with E-state index in [4.69, 9.17) is 14.2 Å². The van der Waals surface area contributed by atoms with Crippen molar-refractivity contribution in [3.63, 3.8) is 0 Å². The van der Waals surface area contributed by atoms with Gasteiger partial charge < -0.3 is 19.5 Å². The predicted octanol–water partition coefficient (Wildman–Crippen LogP) is 4.43. The number of rotatable bonds is 5. The van der Waals surface area contributed by atoms with Gasteiger partial charge in [-0.15, -0.1) is 0 Å². The van der Waals surface area contributed by atoms with Gasteiger partial charge in [0, 0.05) is 11.8 Å². The average molecular weight is 379 g/mol. The summed E-state index contributed by atoms with van der Waals surface area (Å²) in [4.78, 5) is 12.7. The number of halogens is 1. The SMILES string of the molecule is O=C(Nc1ccc2c(c1)OCCO2)c1ccccc1OCc1ccc(F)cc1. The maximum atomic E-state index is 13.0. The maximum absolute atomic E-state index is 13.0. The van der Waals surface area contributed by atoms with Crippen LogP contribution in [0, 0.1) is 5.82 Å². The van der Waals surface area contributed by atoms with Crippen LogP contribution in [0.3, 0.4) is 0 Å². The van der Waals surface area contributed by atoms with Crippen molar-refractivity contribution in [3.8, 4) is 17.2 Å². The molecular formula is C22H18FNO4. The lowest BCUT2D eigenvalue weighted by Crippen LogP contribution is -2.17. The molecule has 4 rings (SSSR count). The largest absolute Gasteiger partial charge is 0.488 e. The molecule has 1 heterocycles. The molecule has 5 nitrogen and oxygen atoms in total. The van der Waals surface area contributed by atoms with Gasteiger partial charge in [-0.3, -0.25) is 4.79 Å². The monoisotopic (exact) mass is 379 g/mol. The Morgan fingerprint density at radius 2 is 1.71 bits per heavy atom. The summed E-state index contributed by atoms with van der Waals surface area (Å²) in [5, 5.41) is 2.85. The number of para-hydroxylation sites is 1. The highest BCUT2D eigenvalue weighted by atomic mass is 19.1. The molecule has 6 heteroatoms. The third kappa shape index (κ3) is 4.06. The first-order valence-corrected chi connectivity index (χ1v) is 8.86. The molecule has 0 spiro atoms. The number of benzene rings is 3. The number of hydrogen-bond acceptors (Lipinski definition) is 4. The van der Waals surface area contributed by atoms with Crippen LogP contribution in [0.2, 0.25) is 0 Å². The van der Waals surface area contributed by atoms with Gasteiger partial charge >= 0.3 is 0 Å². The van der Waals surface area contributed by atoms with Gasteiger partial charge in [-0.2, -0.15) is 0 Å². The van der Waals surface area contributed by atoms with Crippen LogP contribution in [-0.4, -0.2) is 19.1 Å². The number of fused-ring (bicyclic) bond motifs is 1. The molecule has 1 aliphatic heterocycles. The Balaban J connectivity index is 1.47. The minimum absolute atomic E-state index is 0.231. The third-order valence-corrected chi connectivity index (χ3v) is 4.24. The summed E-state index contributed by atoms with van der Waals surface area (Å²) in [6.45, 7) is 1.22. The van der Waals surface area contributed by atoms with Crippen molar-refractivity contribution in [1.82, 2.24) is 0 Å². The first kappa shape index (κ1) is 17.9. The molecule has 0 bridgehead atoms. The van der Waals surface area contributed by atoms with Crippen LogP contribution in [0.25, 0.3) is 0 Å². The molecule has 0 unspecified atom stereocenters. The van der Waals surface area contributed by atoms with Gasteiger partial charge in [-0.05, 0) is 42.0 Å². The number of ether oxygens (including phenoxy) is 3. The fourth-order valence-corrected chi connectivity index (χ4v) is 2.84. The van der Waals surface area contributed by atoms with Gasteiger partial charge in [0.15, 0.2) is 11.5 Å². The van der Waals surface area contributed by atoms with Crippen molar-refractivity contribution in [2.24, 2.45) is 0 Å². The number of carbonyl (C=O) groups excluding carboxylic acids is 1. The number of amides is 1. The van der Waals surface area contributed by atoms with Crippen molar-refractivity contribution in [2.45, 2.75) is 6.61 Å². The van der Waals surface area contributed by atoms with Gasteiger partial charge in [0.1, 0.15) is 31.4 Å². The van der Waals surface area contributed by atoms with Crippen LogP contribution in [0.1, 0.15) is 15.9 Å². The molecule has 0 radical (unpaired) electrons. The normalized spacial score (nSPS) is 12.3.